The molecule has 1 atom stereocenters. The minimum absolute atomic E-state index is 0.132. The van der Waals surface area contributed by atoms with Gasteiger partial charge in [-0.15, -0.1) is 0 Å². The number of aromatic nitrogens is 6. The molecule has 0 saturated heterocycles. The molecule has 4 aromatic rings. The molecular formula is C21H18F4N6. The summed E-state index contributed by atoms with van der Waals surface area (Å²) in [6.45, 7) is 4.02. The average Bonchev–Trinajstić information content (AvgIpc) is 3.38. The number of pyridine rings is 1. The number of H-pyrrole nitrogens is 1. The molecule has 0 spiro atoms. The predicted octanol–water partition coefficient (Wildman–Crippen LogP) is 5.13. The first kappa shape index (κ1) is 20.7. The highest BCUT2D eigenvalue weighted by atomic mass is 19.4. The molecule has 10 heteroatoms. The zero-order valence-electron chi connectivity index (χ0n) is 16.6. The minimum atomic E-state index is -4.64. The normalized spacial score (nSPS) is 13.0. The minimum Gasteiger partial charge on any atom is -0.329 e. The molecule has 3 aromatic heterocycles. The first-order chi connectivity index (χ1) is 14.7. The molecule has 31 heavy (non-hydrogen) atoms. The lowest BCUT2D eigenvalue weighted by Gasteiger charge is -2.23. The Morgan fingerprint density at radius 2 is 1.81 bits per heavy atom. The van der Waals surface area contributed by atoms with E-state index < -0.39 is 11.9 Å². The molecule has 0 bridgehead atoms. The van der Waals surface area contributed by atoms with Crippen LogP contribution in [-0.2, 0) is 6.18 Å². The van der Waals surface area contributed by atoms with E-state index in [1.807, 2.05) is 29.7 Å². The number of rotatable bonds is 5. The van der Waals surface area contributed by atoms with Crippen molar-refractivity contribution in [2.75, 3.05) is 0 Å². The van der Waals surface area contributed by atoms with E-state index in [2.05, 4.69) is 20.2 Å². The van der Waals surface area contributed by atoms with Gasteiger partial charge in [0, 0.05) is 18.0 Å². The molecule has 4 rings (SSSR count). The van der Waals surface area contributed by atoms with Crippen molar-refractivity contribution in [1.29, 1.82) is 0 Å². The third kappa shape index (κ3) is 4.18. The molecule has 160 valence electrons. The summed E-state index contributed by atoms with van der Waals surface area (Å²) in [5.41, 5.74) is 0.455. The van der Waals surface area contributed by atoms with E-state index in [-0.39, 0.29) is 29.0 Å². The van der Waals surface area contributed by atoms with Crippen LogP contribution in [0.3, 0.4) is 0 Å². The average molecular weight is 430 g/mol. The first-order valence-corrected chi connectivity index (χ1v) is 9.47. The lowest BCUT2D eigenvalue weighted by atomic mass is 9.96. The maximum Gasteiger partial charge on any atom is 0.437 e. The Morgan fingerprint density at radius 1 is 1.00 bits per heavy atom. The van der Waals surface area contributed by atoms with E-state index >= 15 is 0 Å². The van der Waals surface area contributed by atoms with Crippen molar-refractivity contribution in [2.45, 2.75) is 26.1 Å². The molecule has 1 unspecified atom stereocenters. The van der Waals surface area contributed by atoms with Crippen molar-refractivity contribution >= 4 is 0 Å². The molecule has 0 amide bonds. The van der Waals surface area contributed by atoms with Crippen molar-refractivity contribution in [3.8, 4) is 22.6 Å². The number of nitrogens with one attached hydrogen (secondary N) is 1. The van der Waals surface area contributed by atoms with Gasteiger partial charge >= 0.3 is 6.18 Å². The fourth-order valence-electron chi connectivity index (χ4n) is 3.56. The van der Waals surface area contributed by atoms with Gasteiger partial charge in [0.2, 0.25) is 0 Å². The number of benzene rings is 1. The van der Waals surface area contributed by atoms with Crippen LogP contribution < -0.4 is 0 Å². The number of halogens is 4. The fraction of sp³-hybridized carbons (Fsp3) is 0.238. The van der Waals surface area contributed by atoms with Gasteiger partial charge in [-0.1, -0.05) is 26.0 Å². The van der Waals surface area contributed by atoms with Crippen molar-refractivity contribution in [1.82, 2.24) is 29.9 Å². The van der Waals surface area contributed by atoms with Crippen molar-refractivity contribution < 1.29 is 17.6 Å². The third-order valence-electron chi connectivity index (χ3n) is 4.86. The molecule has 0 aliphatic heterocycles. The van der Waals surface area contributed by atoms with Crippen molar-refractivity contribution in [2.24, 2.45) is 5.92 Å². The lowest BCUT2D eigenvalue weighted by molar-refractivity contribution is -0.140. The van der Waals surface area contributed by atoms with Crippen LogP contribution >= 0.6 is 0 Å². The van der Waals surface area contributed by atoms with E-state index in [4.69, 9.17) is 0 Å². The van der Waals surface area contributed by atoms with Crippen LogP contribution in [0.15, 0.2) is 55.1 Å². The zero-order chi connectivity index (χ0) is 22.2. The number of nitrogens with zero attached hydrogens (tertiary/aromatic N) is 5. The van der Waals surface area contributed by atoms with Crippen LogP contribution in [0.4, 0.5) is 17.6 Å². The Kier molecular flexibility index (Phi) is 5.30. The highest BCUT2D eigenvalue weighted by Gasteiger charge is 2.38. The maximum atomic E-state index is 13.7. The Morgan fingerprint density at radius 3 is 2.52 bits per heavy atom. The van der Waals surface area contributed by atoms with Crippen molar-refractivity contribution in [3.63, 3.8) is 0 Å². The Hall–Kier alpha value is -3.56. The Balaban J connectivity index is 1.70. The fourth-order valence-corrected chi connectivity index (χ4v) is 3.56. The summed E-state index contributed by atoms with van der Waals surface area (Å²) in [4.78, 5) is 8.61. The number of hydrogen-bond acceptors (Lipinski definition) is 4. The van der Waals surface area contributed by atoms with E-state index in [0.717, 1.165) is 5.56 Å². The topological polar surface area (TPSA) is 72.3 Å². The van der Waals surface area contributed by atoms with E-state index in [1.165, 1.54) is 30.5 Å². The molecule has 0 aliphatic carbocycles. The van der Waals surface area contributed by atoms with Crippen LogP contribution in [0.1, 0.15) is 31.1 Å². The summed E-state index contributed by atoms with van der Waals surface area (Å²) < 4.78 is 55.1. The SMILES string of the molecule is CC(C)C(c1cccc(F)c1)n1cnc(-c2cc(-c3n[nH]nc3C(F)(F)F)ccn2)c1. The highest BCUT2D eigenvalue weighted by Crippen LogP contribution is 2.35. The Labute approximate surface area is 175 Å². The number of alkyl halides is 3. The smallest absolute Gasteiger partial charge is 0.329 e. The standard InChI is InChI=1S/C21H18F4N6/c1-12(2)19(14-4-3-5-15(22)8-14)31-10-17(27-11-31)16-9-13(6-7-26-16)18-20(21(23,24)25)29-30-28-18/h3-12,19H,1-2H3,(H,28,29,30). The third-order valence-corrected chi connectivity index (χ3v) is 4.86. The van der Waals surface area contributed by atoms with Crippen molar-refractivity contribution in [3.05, 3.63) is 72.2 Å². The van der Waals surface area contributed by atoms with Gasteiger partial charge in [0.05, 0.1) is 18.1 Å². The van der Waals surface area contributed by atoms with E-state index in [0.29, 0.717) is 11.4 Å². The monoisotopic (exact) mass is 430 g/mol. The largest absolute Gasteiger partial charge is 0.437 e. The van der Waals surface area contributed by atoms with Crippen LogP contribution in [0, 0.1) is 11.7 Å². The molecule has 3 heterocycles. The van der Waals surface area contributed by atoms with Gasteiger partial charge in [-0.2, -0.15) is 28.6 Å². The maximum absolute atomic E-state index is 13.7. The van der Waals surface area contributed by atoms with Crippen LogP contribution in [0.2, 0.25) is 0 Å². The van der Waals surface area contributed by atoms with Gasteiger partial charge in [0.25, 0.3) is 0 Å². The van der Waals surface area contributed by atoms with Crippen LogP contribution in [0.5, 0.6) is 0 Å². The summed E-state index contributed by atoms with van der Waals surface area (Å²) in [7, 11) is 0. The molecule has 0 fully saturated rings. The molecule has 0 radical (unpaired) electrons. The van der Waals surface area contributed by atoms with Gasteiger partial charge < -0.3 is 4.57 Å². The second-order valence-electron chi connectivity index (χ2n) is 7.40. The number of imidazole rings is 1. The summed E-state index contributed by atoms with van der Waals surface area (Å²) >= 11 is 0. The summed E-state index contributed by atoms with van der Waals surface area (Å²) in [5, 5.41) is 8.89. The van der Waals surface area contributed by atoms with Gasteiger partial charge in [-0.05, 0) is 35.7 Å². The molecule has 6 nitrogen and oxygen atoms in total. The number of hydrogen-bond donors (Lipinski definition) is 1. The van der Waals surface area contributed by atoms with Gasteiger partial charge in [-0.25, -0.2) is 9.37 Å². The molecule has 1 aromatic carbocycles. The molecule has 0 saturated carbocycles. The summed E-state index contributed by atoms with van der Waals surface area (Å²) in [6.07, 6.45) is 0.111. The first-order valence-electron chi connectivity index (χ1n) is 9.47. The zero-order valence-corrected chi connectivity index (χ0v) is 16.6. The Bertz CT molecular complexity index is 1190. The summed E-state index contributed by atoms with van der Waals surface area (Å²) in [5.74, 6) is -0.196. The van der Waals surface area contributed by atoms with Gasteiger partial charge in [0.1, 0.15) is 17.2 Å². The molecule has 1 N–H and O–H groups in total. The van der Waals surface area contributed by atoms with Crippen LogP contribution in [-0.4, -0.2) is 29.9 Å². The quantitative estimate of drug-likeness (QED) is 0.446. The molecule has 0 aliphatic rings. The van der Waals surface area contributed by atoms with Gasteiger partial charge in [0.15, 0.2) is 5.69 Å². The second kappa shape index (κ2) is 7.93. The highest BCUT2D eigenvalue weighted by molar-refractivity contribution is 5.67. The predicted molar refractivity (Wildman–Crippen MR) is 105 cm³/mol. The second-order valence-corrected chi connectivity index (χ2v) is 7.40. The van der Waals surface area contributed by atoms with Gasteiger partial charge in [-0.3, -0.25) is 4.98 Å². The van der Waals surface area contributed by atoms with E-state index in [9.17, 15) is 17.6 Å². The summed E-state index contributed by atoms with van der Waals surface area (Å²) in [6, 6.07) is 9.09. The lowest BCUT2D eigenvalue weighted by Crippen LogP contribution is -2.15. The van der Waals surface area contributed by atoms with Crippen LogP contribution in [0.25, 0.3) is 22.6 Å². The number of aromatic amines is 1. The molecular weight excluding hydrogens is 412 g/mol. The van der Waals surface area contributed by atoms with E-state index in [1.54, 1.807) is 18.6 Å².